The third-order valence-corrected chi connectivity index (χ3v) is 3.15. The van der Waals surface area contributed by atoms with Crippen molar-refractivity contribution in [2.24, 2.45) is 0 Å². The molecule has 0 bridgehead atoms. The van der Waals surface area contributed by atoms with Crippen molar-refractivity contribution < 1.29 is 9.53 Å². The van der Waals surface area contributed by atoms with Crippen molar-refractivity contribution in [1.82, 2.24) is 9.78 Å². The summed E-state index contributed by atoms with van der Waals surface area (Å²) in [5.41, 5.74) is 0.743. The molecule has 1 aromatic carbocycles. The fourth-order valence-corrected chi connectivity index (χ4v) is 2.06. The van der Waals surface area contributed by atoms with E-state index in [1.54, 1.807) is 6.92 Å². The van der Waals surface area contributed by atoms with Crippen LogP contribution in [0.3, 0.4) is 0 Å². The normalized spacial score (nSPS) is 10.4. The van der Waals surface area contributed by atoms with Crippen molar-refractivity contribution in [2.45, 2.75) is 20.4 Å². The van der Waals surface area contributed by atoms with Gasteiger partial charge in [0.2, 0.25) is 0 Å². The van der Waals surface area contributed by atoms with Gasteiger partial charge in [0.1, 0.15) is 11.3 Å². The van der Waals surface area contributed by atoms with E-state index in [9.17, 15) is 9.59 Å². The molecule has 0 aliphatic heterocycles. The Morgan fingerprint density at radius 3 is 2.48 bits per heavy atom. The van der Waals surface area contributed by atoms with Crippen LogP contribution in [-0.4, -0.2) is 21.6 Å². The van der Waals surface area contributed by atoms with Crippen LogP contribution in [0.4, 0.5) is 0 Å². The van der Waals surface area contributed by atoms with Gasteiger partial charge in [-0.1, -0.05) is 0 Å². The number of nitrogens with zero attached hydrogens (tertiary/aromatic N) is 2. The number of rotatable bonds is 5. The van der Waals surface area contributed by atoms with E-state index >= 15 is 0 Å². The number of halogens is 1. The third kappa shape index (κ3) is 3.31. The number of aryl methyl sites for hydroxylation is 1. The molecular formula is C15H15ClN2O3. The van der Waals surface area contributed by atoms with E-state index in [0.29, 0.717) is 18.8 Å². The van der Waals surface area contributed by atoms with Crippen LogP contribution in [0, 0.1) is 0 Å². The molecule has 0 N–H and O–H groups in total. The summed E-state index contributed by atoms with van der Waals surface area (Å²) in [7, 11) is 0. The van der Waals surface area contributed by atoms with Gasteiger partial charge in [0.05, 0.1) is 12.3 Å². The van der Waals surface area contributed by atoms with E-state index < -0.39 is 10.8 Å². The lowest BCUT2D eigenvalue weighted by molar-refractivity contribution is 0.107. The molecule has 0 saturated carbocycles. The van der Waals surface area contributed by atoms with Gasteiger partial charge in [-0.2, -0.15) is 5.10 Å². The number of aromatic nitrogens is 2. The predicted molar refractivity (Wildman–Crippen MR) is 81.0 cm³/mol. The van der Waals surface area contributed by atoms with E-state index in [4.69, 9.17) is 16.3 Å². The molecule has 0 radical (unpaired) electrons. The van der Waals surface area contributed by atoms with Gasteiger partial charge in [-0.15, -0.1) is 0 Å². The van der Waals surface area contributed by atoms with Crippen molar-refractivity contribution >= 4 is 16.8 Å². The Balaban J connectivity index is 2.50. The molecule has 2 aromatic rings. The number of hydrogen-bond acceptors (Lipinski definition) is 4. The number of hydrogen-bond donors (Lipinski definition) is 0. The fourth-order valence-electron chi connectivity index (χ4n) is 1.93. The highest BCUT2D eigenvalue weighted by atomic mass is 35.5. The second-order valence-corrected chi connectivity index (χ2v) is 4.64. The Morgan fingerprint density at radius 1 is 1.29 bits per heavy atom. The molecule has 0 aliphatic carbocycles. The smallest absolute Gasteiger partial charge is 0.278 e. The van der Waals surface area contributed by atoms with Crippen molar-refractivity contribution in [3.05, 3.63) is 46.2 Å². The maximum atomic E-state index is 11.9. The lowest BCUT2D eigenvalue weighted by Crippen LogP contribution is -2.27. The summed E-state index contributed by atoms with van der Waals surface area (Å²) in [4.78, 5) is 23.3. The Kier molecular flexibility index (Phi) is 4.75. The molecule has 1 heterocycles. The first-order valence-electron chi connectivity index (χ1n) is 6.62. The van der Waals surface area contributed by atoms with E-state index in [1.165, 1.54) is 10.7 Å². The number of carbonyl (C=O) groups is 1. The molecule has 0 aliphatic rings. The Hall–Kier alpha value is -2.14. The number of benzene rings is 1. The van der Waals surface area contributed by atoms with Crippen LogP contribution in [-0.2, 0) is 6.54 Å². The van der Waals surface area contributed by atoms with E-state index in [-0.39, 0.29) is 5.56 Å². The fraction of sp³-hybridized carbons (Fsp3) is 0.267. The molecule has 21 heavy (non-hydrogen) atoms. The minimum Gasteiger partial charge on any atom is -0.494 e. The van der Waals surface area contributed by atoms with Crippen molar-refractivity contribution in [3.8, 4) is 17.0 Å². The minimum absolute atomic E-state index is 0.0719. The zero-order valence-electron chi connectivity index (χ0n) is 11.8. The van der Waals surface area contributed by atoms with Gasteiger partial charge < -0.3 is 4.74 Å². The summed E-state index contributed by atoms with van der Waals surface area (Å²) in [5, 5.41) is 3.45. The summed E-state index contributed by atoms with van der Waals surface area (Å²) in [6.45, 7) is 4.63. The molecule has 0 spiro atoms. The van der Waals surface area contributed by atoms with Gasteiger partial charge in [-0.05, 0) is 55.8 Å². The van der Waals surface area contributed by atoms with Crippen LogP contribution in [0.25, 0.3) is 11.3 Å². The molecule has 0 fully saturated rings. The largest absolute Gasteiger partial charge is 0.494 e. The summed E-state index contributed by atoms with van der Waals surface area (Å²) in [6, 6.07) is 8.67. The minimum atomic E-state index is -0.781. The zero-order valence-corrected chi connectivity index (χ0v) is 12.6. The summed E-state index contributed by atoms with van der Waals surface area (Å²) >= 11 is 5.46. The molecule has 110 valence electrons. The van der Waals surface area contributed by atoms with Crippen LogP contribution < -0.4 is 10.3 Å². The SMILES string of the molecule is CCOc1ccc(-c2cc(C(=O)Cl)c(=O)n(CC)n2)cc1. The number of ether oxygens (including phenoxy) is 1. The maximum absolute atomic E-state index is 11.9. The quantitative estimate of drug-likeness (QED) is 0.797. The first kappa shape index (κ1) is 15.3. The first-order chi connectivity index (χ1) is 10.1. The summed E-state index contributed by atoms with van der Waals surface area (Å²) in [5.74, 6) is 0.749. The monoisotopic (exact) mass is 306 g/mol. The molecular weight excluding hydrogens is 292 g/mol. The van der Waals surface area contributed by atoms with Crippen molar-refractivity contribution in [3.63, 3.8) is 0 Å². The average Bonchev–Trinajstić information content (AvgIpc) is 2.48. The molecule has 0 unspecified atom stereocenters. The highest BCUT2D eigenvalue weighted by Gasteiger charge is 2.14. The molecule has 0 atom stereocenters. The first-order valence-corrected chi connectivity index (χ1v) is 6.99. The van der Waals surface area contributed by atoms with Crippen LogP contribution in [0.15, 0.2) is 35.1 Å². The van der Waals surface area contributed by atoms with Gasteiger partial charge in [-0.3, -0.25) is 9.59 Å². The topological polar surface area (TPSA) is 61.2 Å². The maximum Gasteiger partial charge on any atom is 0.278 e. The predicted octanol–water partition coefficient (Wildman–Crippen LogP) is 2.71. The van der Waals surface area contributed by atoms with Crippen LogP contribution >= 0.6 is 11.6 Å². The third-order valence-electron chi connectivity index (χ3n) is 2.95. The van der Waals surface area contributed by atoms with Gasteiger partial charge in [-0.25, -0.2) is 4.68 Å². The Bertz CT molecular complexity index is 708. The lowest BCUT2D eigenvalue weighted by Gasteiger charge is -2.08. The average molecular weight is 307 g/mol. The summed E-state index contributed by atoms with van der Waals surface area (Å²) < 4.78 is 6.60. The van der Waals surface area contributed by atoms with Crippen molar-refractivity contribution in [2.75, 3.05) is 6.61 Å². The van der Waals surface area contributed by atoms with Gasteiger partial charge in [0.25, 0.3) is 10.8 Å². The van der Waals surface area contributed by atoms with E-state index in [0.717, 1.165) is 11.3 Å². The molecule has 6 heteroatoms. The van der Waals surface area contributed by atoms with Crippen LogP contribution in [0.5, 0.6) is 5.75 Å². The second kappa shape index (κ2) is 6.54. The highest BCUT2D eigenvalue weighted by Crippen LogP contribution is 2.21. The van der Waals surface area contributed by atoms with Gasteiger partial charge in [0, 0.05) is 12.1 Å². The molecule has 0 amide bonds. The van der Waals surface area contributed by atoms with Gasteiger partial charge in [0.15, 0.2) is 0 Å². The molecule has 1 aromatic heterocycles. The molecule has 5 nitrogen and oxygen atoms in total. The molecule has 2 rings (SSSR count). The Morgan fingerprint density at radius 2 is 1.95 bits per heavy atom. The van der Waals surface area contributed by atoms with E-state index in [2.05, 4.69) is 5.10 Å². The standard InChI is InChI=1S/C15H15ClN2O3/c1-3-18-15(20)12(14(16)19)9-13(17-18)10-5-7-11(8-6-10)21-4-2/h5-9H,3-4H2,1-2H3. The van der Waals surface area contributed by atoms with Crippen LogP contribution in [0.2, 0.25) is 0 Å². The lowest BCUT2D eigenvalue weighted by atomic mass is 10.1. The zero-order chi connectivity index (χ0) is 15.4. The van der Waals surface area contributed by atoms with E-state index in [1.807, 2.05) is 31.2 Å². The van der Waals surface area contributed by atoms with Crippen LogP contribution in [0.1, 0.15) is 24.2 Å². The molecule has 0 saturated heterocycles. The van der Waals surface area contributed by atoms with Gasteiger partial charge >= 0.3 is 0 Å². The highest BCUT2D eigenvalue weighted by molar-refractivity contribution is 6.67. The Labute approximate surface area is 127 Å². The number of carbonyl (C=O) groups excluding carboxylic acids is 1. The second-order valence-electron chi connectivity index (χ2n) is 4.30. The van der Waals surface area contributed by atoms with Crippen molar-refractivity contribution in [1.29, 1.82) is 0 Å². The summed E-state index contributed by atoms with van der Waals surface area (Å²) in [6.07, 6.45) is 0.